The topological polar surface area (TPSA) is 21.6 Å². The smallest absolute Gasteiger partial charge is 0.106 e. The number of hydrogen-bond donors (Lipinski definition) is 1. The maximum absolute atomic E-state index is 4.60. The summed E-state index contributed by atoms with van der Waals surface area (Å²) in [5, 5.41) is 4.15. The van der Waals surface area contributed by atoms with Gasteiger partial charge < -0.3 is 4.84 Å². The van der Waals surface area contributed by atoms with Crippen LogP contribution in [0, 0.1) is 5.41 Å². The van der Waals surface area contributed by atoms with Gasteiger partial charge in [-0.3, -0.25) is 0 Å². The Kier molecular flexibility index (Phi) is 2.24. The van der Waals surface area contributed by atoms with Crippen molar-refractivity contribution in [1.82, 2.24) is 0 Å². The molecule has 1 saturated carbocycles. The highest BCUT2D eigenvalue weighted by Crippen LogP contribution is 2.48. The zero-order valence-corrected chi connectivity index (χ0v) is 7.27. The van der Waals surface area contributed by atoms with Crippen molar-refractivity contribution in [2.45, 2.75) is 25.0 Å². The molecule has 0 aliphatic heterocycles. The second kappa shape index (κ2) is 2.82. The Labute approximate surface area is 67.0 Å². The molecule has 0 N–H and O–H groups in total. The van der Waals surface area contributed by atoms with Crippen molar-refractivity contribution in [2.24, 2.45) is 10.6 Å². The second-order valence-corrected chi connectivity index (χ2v) is 3.60. The van der Waals surface area contributed by atoms with Crippen molar-refractivity contribution in [3.05, 3.63) is 0 Å². The third-order valence-corrected chi connectivity index (χ3v) is 2.59. The lowest BCUT2D eigenvalue weighted by Crippen LogP contribution is -2.13. The minimum atomic E-state index is 0.249. The fourth-order valence-corrected chi connectivity index (χ4v) is 1.28. The van der Waals surface area contributed by atoms with Crippen molar-refractivity contribution in [2.75, 3.05) is 7.11 Å². The van der Waals surface area contributed by atoms with Gasteiger partial charge in [0.2, 0.25) is 0 Å². The predicted molar refractivity (Wildman–Crippen MR) is 45.6 cm³/mol. The van der Waals surface area contributed by atoms with Crippen LogP contribution in [0.15, 0.2) is 5.16 Å². The maximum atomic E-state index is 4.60. The van der Waals surface area contributed by atoms with Gasteiger partial charge >= 0.3 is 0 Å². The van der Waals surface area contributed by atoms with E-state index in [1.165, 1.54) is 12.8 Å². The van der Waals surface area contributed by atoms with Crippen molar-refractivity contribution in [1.29, 1.82) is 0 Å². The van der Waals surface area contributed by atoms with Gasteiger partial charge in [-0.2, -0.15) is 12.6 Å². The Bertz CT molecular complexity index is 141. The molecule has 10 heavy (non-hydrogen) atoms. The summed E-state index contributed by atoms with van der Waals surface area (Å²) in [4.78, 5) is 4.60. The van der Waals surface area contributed by atoms with Crippen molar-refractivity contribution >= 4 is 18.8 Å². The predicted octanol–water partition coefficient (Wildman–Crippen LogP) is 1.72. The highest BCUT2D eigenvalue weighted by atomic mass is 32.1. The first-order valence-electron chi connectivity index (χ1n) is 3.47. The van der Waals surface area contributed by atoms with E-state index in [-0.39, 0.29) is 5.41 Å². The minimum absolute atomic E-state index is 0.249. The van der Waals surface area contributed by atoms with Crippen LogP contribution < -0.4 is 0 Å². The van der Waals surface area contributed by atoms with E-state index in [0.29, 0.717) is 5.25 Å². The molecule has 0 radical (unpaired) electrons. The van der Waals surface area contributed by atoms with Crippen LogP contribution in [0.1, 0.15) is 19.8 Å². The summed E-state index contributed by atoms with van der Waals surface area (Å²) in [6, 6.07) is 0. The standard InChI is InChI=1S/C7H13NOS/c1-6(10)7(3-4-7)5-8-9-2/h5-6,10H,3-4H2,1-2H3/b8-5+. The van der Waals surface area contributed by atoms with Crippen LogP contribution in [0.3, 0.4) is 0 Å². The Morgan fingerprint density at radius 3 is 2.60 bits per heavy atom. The first-order chi connectivity index (χ1) is 4.71. The Hall–Kier alpha value is -0.180. The van der Waals surface area contributed by atoms with Gasteiger partial charge in [-0.15, -0.1) is 0 Å². The SMILES string of the molecule is CO/N=C/C1(C(C)S)CC1. The molecule has 1 aliphatic carbocycles. The fourth-order valence-electron chi connectivity index (χ4n) is 0.957. The van der Waals surface area contributed by atoms with Gasteiger partial charge in [-0.1, -0.05) is 12.1 Å². The minimum Gasteiger partial charge on any atom is -0.399 e. The van der Waals surface area contributed by atoms with Crippen molar-refractivity contribution < 1.29 is 4.84 Å². The lowest BCUT2D eigenvalue weighted by molar-refractivity contribution is 0.213. The van der Waals surface area contributed by atoms with Crippen LogP contribution in [0.25, 0.3) is 0 Å². The number of thiol groups is 1. The van der Waals surface area contributed by atoms with E-state index < -0.39 is 0 Å². The number of rotatable bonds is 3. The summed E-state index contributed by atoms with van der Waals surface area (Å²) in [5.41, 5.74) is 0.249. The second-order valence-electron chi connectivity index (χ2n) is 2.83. The molecule has 1 aliphatic rings. The van der Waals surface area contributed by atoms with Gasteiger partial charge in [-0.25, -0.2) is 0 Å². The van der Waals surface area contributed by atoms with E-state index in [2.05, 4.69) is 29.5 Å². The van der Waals surface area contributed by atoms with Gasteiger partial charge in [0.15, 0.2) is 0 Å². The Morgan fingerprint density at radius 1 is 1.70 bits per heavy atom. The van der Waals surface area contributed by atoms with Crippen molar-refractivity contribution in [3.63, 3.8) is 0 Å². The number of hydrogen-bond acceptors (Lipinski definition) is 3. The molecular formula is C7H13NOS. The first-order valence-corrected chi connectivity index (χ1v) is 3.99. The monoisotopic (exact) mass is 159 g/mol. The molecule has 0 amide bonds. The summed E-state index contributed by atoms with van der Waals surface area (Å²) in [6.07, 6.45) is 4.28. The molecule has 1 atom stereocenters. The van der Waals surface area contributed by atoms with Crippen LogP contribution in [-0.4, -0.2) is 18.6 Å². The third kappa shape index (κ3) is 1.45. The molecular weight excluding hydrogens is 146 g/mol. The van der Waals surface area contributed by atoms with Gasteiger partial charge in [0.25, 0.3) is 0 Å². The van der Waals surface area contributed by atoms with E-state index in [0.717, 1.165) is 0 Å². The largest absolute Gasteiger partial charge is 0.399 e. The van der Waals surface area contributed by atoms with Crippen LogP contribution in [0.2, 0.25) is 0 Å². The molecule has 58 valence electrons. The zero-order chi connectivity index (χ0) is 7.61. The average molecular weight is 159 g/mol. The van der Waals surface area contributed by atoms with E-state index in [9.17, 15) is 0 Å². The van der Waals surface area contributed by atoms with Crippen LogP contribution in [0.4, 0.5) is 0 Å². The molecule has 0 aromatic heterocycles. The van der Waals surface area contributed by atoms with Gasteiger partial charge in [0.05, 0.1) is 6.21 Å². The van der Waals surface area contributed by atoms with Crippen molar-refractivity contribution in [3.8, 4) is 0 Å². The molecule has 3 heteroatoms. The molecule has 1 fully saturated rings. The van der Waals surface area contributed by atoms with Crippen LogP contribution >= 0.6 is 12.6 Å². The molecule has 0 bridgehead atoms. The maximum Gasteiger partial charge on any atom is 0.106 e. The van der Waals surface area contributed by atoms with E-state index in [1.54, 1.807) is 7.11 Å². The molecule has 0 saturated heterocycles. The third-order valence-electron chi connectivity index (χ3n) is 2.07. The molecule has 2 nitrogen and oxygen atoms in total. The lowest BCUT2D eigenvalue weighted by Gasteiger charge is -2.10. The molecule has 0 spiro atoms. The molecule has 0 aromatic carbocycles. The van der Waals surface area contributed by atoms with E-state index in [1.807, 2.05) is 6.21 Å². The fraction of sp³-hybridized carbons (Fsp3) is 0.857. The highest BCUT2D eigenvalue weighted by molar-refractivity contribution is 7.81. The van der Waals surface area contributed by atoms with Gasteiger partial charge in [0.1, 0.15) is 7.11 Å². The molecule has 0 aromatic rings. The Balaban J connectivity index is 2.45. The van der Waals surface area contributed by atoms with Crippen LogP contribution in [-0.2, 0) is 4.84 Å². The Morgan fingerprint density at radius 2 is 2.30 bits per heavy atom. The first kappa shape index (κ1) is 7.92. The lowest BCUT2D eigenvalue weighted by atomic mass is 10.1. The normalized spacial score (nSPS) is 24.7. The molecule has 1 rings (SSSR count). The summed E-state index contributed by atoms with van der Waals surface area (Å²) >= 11 is 4.37. The summed E-state index contributed by atoms with van der Waals surface area (Å²) in [6.45, 7) is 2.10. The summed E-state index contributed by atoms with van der Waals surface area (Å²) in [7, 11) is 1.57. The average Bonchev–Trinajstić information content (AvgIpc) is 2.64. The molecule has 0 heterocycles. The number of nitrogens with zero attached hydrogens (tertiary/aromatic N) is 1. The van der Waals surface area contributed by atoms with Crippen LogP contribution in [0.5, 0.6) is 0 Å². The van der Waals surface area contributed by atoms with Gasteiger partial charge in [-0.05, 0) is 12.8 Å². The van der Waals surface area contributed by atoms with E-state index >= 15 is 0 Å². The number of oxime groups is 1. The summed E-state index contributed by atoms with van der Waals surface area (Å²) < 4.78 is 0. The zero-order valence-electron chi connectivity index (χ0n) is 6.37. The highest BCUT2D eigenvalue weighted by Gasteiger charge is 2.44. The molecule has 1 unspecified atom stereocenters. The van der Waals surface area contributed by atoms with Gasteiger partial charge in [0, 0.05) is 10.7 Å². The quantitative estimate of drug-likeness (QED) is 0.378. The summed E-state index contributed by atoms with van der Waals surface area (Å²) in [5.74, 6) is 0. The van der Waals surface area contributed by atoms with E-state index in [4.69, 9.17) is 0 Å².